The van der Waals surface area contributed by atoms with Crippen LogP contribution in [0.4, 0.5) is 0 Å². The molecule has 0 aromatic carbocycles. The third-order valence-electron chi connectivity index (χ3n) is 10.7. The van der Waals surface area contributed by atoms with Crippen LogP contribution in [0, 0.1) is 0 Å². The topological polar surface area (TPSA) is 172 Å². The summed E-state index contributed by atoms with van der Waals surface area (Å²) >= 11 is 0. The summed E-state index contributed by atoms with van der Waals surface area (Å²) in [6.45, 7) is 2.80. The summed E-state index contributed by atoms with van der Waals surface area (Å²) in [6, 6.07) is -1.52. The van der Waals surface area contributed by atoms with Crippen LogP contribution in [0.15, 0.2) is 24.3 Å². The lowest BCUT2D eigenvalue weighted by Gasteiger charge is -2.20. The Kier molecular flexibility index (Phi) is 42.1. The number of carboxylic acid groups (broad SMARTS) is 1. The van der Waals surface area contributed by atoms with Crippen molar-refractivity contribution in [1.82, 2.24) is 0 Å². The van der Waals surface area contributed by atoms with E-state index in [1.54, 1.807) is 0 Å². The van der Waals surface area contributed by atoms with Gasteiger partial charge in [-0.25, -0.2) is 4.57 Å². The van der Waals surface area contributed by atoms with Crippen LogP contribution < -0.4 is 5.73 Å². The Balaban J connectivity index is 4.24. The third kappa shape index (κ3) is 42.6. The van der Waals surface area contributed by atoms with E-state index >= 15 is 0 Å². The van der Waals surface area contributed by atoms with Crippen LogP contribution in [0.3, 0.4) is 0 Å². The van der Waals surface area contributed by atoms with E-state index in [0.29, 0.717) is 12.8 Å². The first kappa shape index (κ1) is 58.0. The normalized spacial score (nSPS) is 13.8. The van der Waals surface area contributed by atoms with E-state index in [-0.39, 0.29) is 19.4 Å². The largest absolute Gasteiger partial charge is 0.480 e. The average molecular weight is 872 g/mol. The maximum atomic E-state index is 12.6. The van der Waals surface area contributed by atoms with Crippen molar-refractivity contribution in [2.45, 2.75) is 244 Å². The number of carboxylic acids is 1. The summed E-state index contributed by atoms with van der Waals surface area (Å²) in [5, 5.41) is 8.90. The third-order valence-corrected chi connectivity index (χ3v) is 11.7. The SMILES string of the molecule is CCCCC/C=C/C/C=C/CCCCCCCC(=O)O[C@@H](COC(=O)CCCCCCCCCCCCCCCCCCCCCCC)COP(=O)(O)OC[C@H](N)C(=O)O. The van der Waals surface area contributed by atoms with E-state index in [1.807, 2.05) is 0 Å². The van der Waals surface area contributed by atoms with Crippen LogP contribution in [-0.2, 0) is 37.5 Å². The Morgan fingerprint density at radius 2 is 0.883 bits per heavy atom. The number of aliphatic carboxylic acids is 1. The lowest BCUT2D eigenvalue weighted by molar-refractivity contribution is -0.161. The van der Waals surface area contributed by atoms with Crippen LogP contribution in [-0.4, -0.2) is 59.9 Å². The van der Waals surface area contributed by atoms with Gasteiger partial charge in [0.1, 0.15) is 12.6 Å². The van der Waals surface area contributed by atoms with Crippen LogP contribution >= 0.6 is 7.82 Å². The van der Waals surface area contributed by atoms with Crippen molar-refractivity contribution in [2.75, 3.05) is 19.8 Å². The molecule has 0 saturated heterocycles. The van der Waals surface area contributed by atoms with Crippen molar-refractivity contribution in [3.8, 4) is 0 Å². The summed E-state index contributed by atoms with van der Waals surface area (Å²) in [5.41, 5.74) is 5.34. The molecule has 0 radical (unpaired) electrons. The number of phosphoric ester groups is 1. The highest BCUT2D eigenvalue weighted by Crippen LogP contribution is 2.43. The molecule has 0 aliphatic heterocycles. The highest BCUT2D eigenvalue weighted by atomic mass is 31.2. The van der Waals surface area contributed by atoms with E-state index in [1.165, 1.54) is 128 Å². The number of rotatable bonds is 46. The van der Waals surface area contributed by atoms with Gasteiger partial charge in [-0.15, -0.1) is 0 Å². The average Bonchev–Trinajstić information content (AvgIpc) is 3.22. The van der Waals surface area contributed by atoms with Crippen LogP contribution in [0.5, 0.6) is 0 Å². The molecular formula is C48H90NO10P. The zero-order valence-corrected chi connectivity index (χ0v) is 39.2. The van der Waals surface area contributed by atoms with Gasteiger partial charge in [-0.05, 0) is 44.9 Å². The summed E-state index contributed by atoms with van der Waals surface area (Å²) in [5.74, 6) is -2.38. The number of esters is 2. The zero-order chi connectivity index (χ0) is 44.2. The molecule has 0 bridgehead atoms. The molecule has 0 saturated carbocycles. The molecule has 0 amide bonds. The molecule has 0 aromatic rings. The maximum Gasteiger partial charge on any atom is 0.472 e. The minimum absolute atomic E-state index is 0.148. The van der Waals surface area contributed by atoms with Gasteiger partial charge in [-0.1, -0.05) is 199 Å². The van der Waals surface area contributed by atoms with E-state index in [4.69, 9.17) is 24.8 Å². The first-order valence-electron chi connectivity index (χ1n) is 24.4. The predicted octanol–water partition coefficient (Wildman–Crippen LogP) is 13.4. The molecule has 352 valence electrons. The number of unbranched alkanes of at least 4 members (excludes halogenated alkanes) is 28. The maximum absolute atomic E-state index is 12.6. The number of nitrogens with two attached hydrogens (primary N) is 1. The number of ether oxygens (including phenoxy) is 2. The van der Waals surface area contributed by atoms with E-state index in [2.05, 4.69) is 42.7 Å². The minimum atomic E-state index is -4.72. The van der Waals surface area contributed by atoms with Gasteiger partial charge in [0, 0.05) is 12.8 Å². The number of carbonyl (C=O) groups is 3. The van der Waals surface area contributed by atoms with Gasteiger partial charge < -0.3 is 25.2 Å². The van der Waals surface area contributed by atoms with Gasteiger partial charge in [0.25, 0.3) is 0 Å². The molecule has 0 rings (SSSR count). The molecule has 0 heterocycles. The Hall–Kier alpha value is -2.04. The first-order valence-corrected chi connectivity index (χ1v) is 25.9. The molecule has 11 nitrogen and oxygen atoms in total. The van der Waals surface area contributed by atoms with Gasteiger partial charge >= 0.3 is 25.7 Å². The second-order valence-electron chi connectivity index (χ2n) is 16.6. The second-order valence-corrected chi connectivity index (χ2v) is 18.1. The summed E-state index contributed by atoms with van der Waals surface area (Å²) in [7, 11) is -4.72. The molecule has 0 aromatic heterocycles. The van der Waals surface area contributed by atoms with Crippen LogP contribution in [0.25, 0.3) is 0 Å². The van der Waals surface area contributed by atoms with Crippen molar-refractivity contribution in [3.05, 3.63) is 24.3 Å². The predicted molar refractivity (Wildman–Crippen MR) is 245 cm³/mol. The lowest BCUT2D eigenvalue weighted by atomic mass is 10.0. The lowest BCUT2D eigenvalue weighted by Crippen LogP contribution is -2.34. The van der Waals surface area contributed by atoms with Gasteiger partial charge in [0.05, 0.1) is 13.2 Å². The smallest absolute Gasteiger partial charge is 0.472 e. The molecule has 3 atom stereocenters. The molecule has 0 aliphatic rings. The fourth-order valence-electron chi connectivity index (χ4n) is 6.86. The highest BCUT2D eigenvalue weighted by Gasteiger charge is 2.28. The van der Waals surface area contributed by atoms with E-state index < -0.39 is 51.1 Å². The molecule has 12 heteroatoms. The second kappa shape index (κ2) is 43.6. The van der Waals surface area contributed by atoms with E-state index in [9.17, 15) is 23.8 Å². The Labute approximate surface area is 366 Å². The number of allylic oxidation sites excluding steroid dienone is 4. The zero-order valence-electron chi connectivity index (χ0n) is 38.3. The Morgan fingerprint density at radius 1 is 0.517 bits per heavy atom. The Bertz CT molecular complexity index is 1120. The summed E-state index contributed by atoms with van der Waals surface area (Å²) in [6.07, 6.45) is 46.7. The highest BCUT2D eigenvalue weighted by molar-refractivity contribution is 7.47. The molecule has 1 unspecified atom stereocenters. The van der Waals surface area contributed by atoms with Crippen molar-refractivity contribution in [2.24, 2.45) is 5.73 Å². The molecule has 4 N–H and O–H groups in total. The summed E-state index contributed by atoms with van der Waals surface area (Å²) in [4.78, 5) is 46.1. The van der Waals surface area contributed by atoms with Crippen molar-refractivity contribution >= 4 is 25.7 Å². The van der Waals surface area contributed by atoms with Gasteiger partial charge in [0.2, 0.25) is 0 Å². The minimum Gasteiger partial charge on any atom is -0.480 e. The fourth-order valence-corrected chi connectivity index (χ4v) is 7.64. The number of phosphoric acid groups is 1. The van der Waals surface area contributed by atoms with Gasteiger partial charge in [-0.3, -0.25) is 23.4 Å². The van der Waals surface area contributed by atoms with Gasteiger partial charge in [0.15, 0.2) is 6.10 Å². The number of hydrogen-bond acceptors (Lipinski definition) is 9. The number of carbonyl (C=O) groups excluding carboxylic acids is 2. The van der Waals surface area contributed by atoms with E-state index in [0.717, 1.165) is 64.2 Å². The Morgan fingerprint density at radius 3 is 1.33 bits per heavy atom. The number of hydrogen-bond donors (Lipinski definition) is 3. The standard InChI is InChI=1S/C48H90NO10P/c1-3-5-7-9-11-13-15-17-19-20-21-22-23-24-26-27-29-31-33-35-37-39-46(50)56-41-44(42-57-60(54,55)58-43-45(49)48(52)53)59-47(51)40-38-36-34-32-30-28-25-18-16-14-12-10-8-6-4-2/h12,14,18,25,44-45H,3-11,13,15-17,19-24,26-43,49H2,1-2H3,(H,52,53)(H,54,55)/b14-12+,25-18+/t44-,45-/m0/s1. The van der Waals surface area contributed by atoms with Crippen LogP contribution in [0.1, 0.15) is 232 Å². The summed E-state index contributed by atoms with van der Waals surface area (Å²) < 4.78 is 32.8. The monoisotopic (exact) mass is 872 g/mol. The molecular weight excluding hydrogens is 781 g/mol. The molecule has 0 spiro atoms. The van der Waals surface area contributed by atoms with Crippen molar-refractivity contribution in [3.63, 3.8) is 0 Å². The van der Waals surface area contributed by atoms with Crippen molar-refractivity contribution < 1.29 is 47.5 Å². The van der Waals surface area contributed by atoms with Crippen molar-refractivity contribution in [1.29, 1.82) is 0 Å². The fraction of sp³-hybridized carbons (Fsp3) is 0.854. The quantitative estimate of drug-likeness (QED) is 0.0230. The first-order chi connectivity index (χ1) is 29.1. The van der Waals surface area contributed by atoms with Gasteiger partial charge in [-0.2, -0.15) is 0 Å². The molecule has 0 aliphatic carbocycles. The van der Waals surface area contributed by atoms with Crippen LogP contribution in [0.2, 0.25) is 0 Å². The molecule has 60 heavy (non-hydrogen) atoms. The molecule has 0 fully saturated rings.